The van der Waals surface area contributed by atoms with Gasteiger partial charge in [0.2, 0.25) is 5.28 Å². The molecule has 2 heterocycles. The first-order valence-corrected chi connectivity index (χ1v) is 7.00. The Morgan fingerprint density at radius 3 is 2.95 bits per heavy atom. The molecule has 19 heavy (non-hydrogen) atoms. The maximum absolute atomic E-state index is 11.9. The van der Waals surface area contributed by atoms with Gasteiger partial charge in [-0.3, -0.25) is 0 Å². The molecule has 1 aliphatic heterocycles. The van der Waals surface area contributed by atoms with Gasteiger partial charge in [0.15, 0.2) is 0 Å². The summed E-state index contributed by atoms with van der Waals surface area (Å²) >= 11 is 11.8. The van der Waals surface area contributed by atoms with Crippen LogP contribution in [0.2, 0.25) is 10.4 Å². The Morgan fingerprint density at radius 2 is 2.21 bits per heavy atom. The molecule has 0 aliphatic carbocycles. The molecule has 0 fully saturated rings. The normalized spacial score (nSPS) is 14.2. The van der Waals surface area contributed by atoms with E-state index in [-0.39, 0.29) is 11.4 Å². The van der Waals surface area contributed by atoms with E-state index in [1.54, 1.807) is 4.90 Å². The Bertz CT molecular complexity index is 482. The zero-order valence-corrected chi connectivity index (χ0v) is 12.2. The van der Waals surface area contributed by atoms with E-state index in [1.165, 1.54) is 0 Å². The van der Waals surface area contributed by atoms with E-state index >= 15 is 0 Å². The van der Waals surface area contributed by atoms with Crippen LogP contribution < -0.4 is 0 Å². The van der Waals surface area contributed by atoms with Crippen molar-refractivity contribution in [2.24, 2.45) is 0 Å². The number of rotatable bonds is 3. The Morgan fingerprint density at radius 1 is 1.42 bits per heavy atom. The Balaban J connectivity index is 2.03. The van der Waals surface area contributed by atoms with Gasteiger partial charge in [0.05, 0.1) is 18.8 Å². The van der Waals surface area contributed by atoms with Crippen molar-refractivity contribution in [1.29, 1.82) is 0 Å². The van der Waals surface area contributed by atoms with Crippen LogP contribution in [0, 0.1) is 0 Å². The lowest BCUT2D eigenvalue weighted by Crippen LogP contribution is -2.37. The average Bonchev–Trinajstić information content (AvgIpc) is 2.38. The average molecular weight is 304 g/mol. The van der Waals surface area contributed by atoms with E-state index in [9.17, 15) is 4.79 Å². The van der Waals surface area contributed by atoms with E-state index in [0.29, 0.717) is 31.3 Å². The second kappa shape index (κ2) is 6.39. The van der Waals surface area contributed by atoms with Crippen LogP contribution in [-0.2, 0) is 17.7 Å². The summed E-state index contributed by atoms with van der Waals surface area (Å²) < 4.78 is 5.18. The van der Waals surface area contributed by atoms with Crippen LogP contribution in [0.4, 0.5) is 4.79 Å². The first-order valence-electron chi connectivity index (χ1n) is 6.24. The molecule has 104 valence electrons. The number of carbonyl (C=O) groups is 1. The van der Waals surface area contributed by atoms with Crippen molar-refractivity contribution in [3.8, 4) is 0 Å². The Kier molecular flexibility index (Phi) is 4.82. The lowest BCUT2D eigenvalue weighted by molar-refractivity contribution is 0.0963. The summed E-state index contributed by atoms with van der Waals surface area (Å²) in [5.41, 5.74) is 1.56. The highest BCUT2D eigenvalue weighted by molar-refractivity contribution is 6.32. The topological polar surface area (TPSA) is 55.3 Å². The third kappa shape index (κ3) is 3.48. The van der Waals surface area contributed by atoms with Crippen molar-refractivity contribution < 1.29 is 9.53 Å². The molecule has 0 atom stereocenters. The van der Waals surface area contributed by atoms with Crippen LogP contribution >= 0.6 is 23.2 Å². The third-order valence-corrected chi connectivity index (χ3v) is 3.45. The minimum atomic E-state index is -0.315. The Hall–Kier alpha value is -1.07. The zero-order chi connectivity index (χ0) is 13.8. The predicted molar refractivity (Wildman–Crippen MR) is 72.4 cm³/mol. The van der Waals surface area contributed by atoms with E-state index in [2.05, 4.69) is 9.97 Å². The standard InChI is InChI=1S/C12H15Cl2N3O2/c1-2-3-6-19-12(18)17-5-4-9-8(7-17)10(13)16-11(14)15-9/h2-7H2,1H3. The van der Waals surface area contributed by atoms with Gasteiger partial charge in [0.25, 0.3) is 0 Å². The highest BCUT2D eigenvalue weighted by Crippen LogP contribution is 2.25. The molecule has 0 unspecified atom stereocenters. The molecule has 0 saturated carbocycles. The summed E-state index contributed by atoms with van der Waals surface area (Å²) in [5.74, 6) is 0. The van der Waals surface area contributed by atoms with Crippen LogP contribution in [0.25, 0.3) is 0 Å². The van der Waals surface area contributed by atoms with Gasteiger partial charge in [0.1, 0.15) is 5.15 Å². The second-order valence-corrected chi connectivity index (χ2v) is 5.04. The number of halogens is 2. The molecule has 1 aromatic rings. The summed E-state index contributed by atoms with van der Waals surface area (Å²) in [5, 5.41) is 0.448. The van der Waals surface area contributed by atoms with Crippen molar-refractivity contribution in [1.82, 2.24) is 14.9 Å². The van der Waals surface area contributed by atoms with Crippen molar-refractivity contribution >= 4 is 29.3 Å². The lowest BCUT2D eigenvalue weighted by Gasteiger charge is -2.27. The number of hydrogen-bond donors (Lipinski definition) is 0. The number of carbonyl (C=O) groups excluding carboxylic acids is 1. The zero-order valence-electron chi connectivity index (χ0n) is 10.7. The molecule has 5 nitrogen and oxygen atoms in total. The fraction of sp³-hybridized carbons (Fsp3) is 0.583. The quantitative estimate of drug-likeness (QED) is 0.489. The molecule has 0 bridgehead atoms. The SMILES string of the molecule is CCCCOC(=O)N1CCc2nc(Cl)nc(Cl)c2C1. The molecule has 0 saturated heterocycles. The molecule has 2 rings (SSSR count). The summed E-state index contributed by atoms with van der Waals surface area (Å²) in [4.78, 5) is 21.5. The monoisotopic (exact) mass is 303 g/mol. The molecule has 1 aliphatic rings. The highest BCUT2D eigenvalue weighted by Gasteiger charge is 2.25. The van der Waals surface area contributed by atoms with Gasteiger partial charge in [-0.2, -0.15) is 0 Å². The molecule has 0 N–H and O–H groups in total. The first-order chi connectivity index (χ1) is 9.11. The summed E-state index contributed by atoms with van der Waals surface area (Å²) in [7, 11) is 0. The third-order valence-electron chi connectivity index (χ3n) is 2.96. The molecular formula is C12H15Cl2N3O2. The van der Waals surface area contributed by atoms with Crippen LogP contribution in [-0.4, -0.2) is 34.1 Å². The van der Waals surface area contributed by atoms with E-state index in [4.69, 9.17) is 27.9 Å². The minimum Gasteiger partial charge on any atom is -0.449 e. The number of hydrogen-bond acceptors (Lipinski definition) is 4. The smallest absolute Gasteiger partial charge is 0.410 e. The van der Waals surface area contributed by atoms with Crippen LogP contribution in [0.1, 0.15) is 31.0 Å². The number of amides is 1. The second-order valence-electron chi connectivity index (χ2n) is 4.35. The number of fused-ring (bicyclic) bond motifs is 1. The number of nitrogens with zero attached hydrogens (tertiary/aromatic N) is 3. The molecule has 0 aromatic carbocycles. The summed E-state index contributed by atoms with van der Waals surface area (Å²) in [6, 6.07) is 0. The van der Waals surface area contributed by atoms with Crippen molar-refractivity contribution in [3.05, 3.63) is 21.7 Å². The molecule has 1 aromatic heterocycles. The van der Waals surface area contributed by atoms with Crippen molar-refractivity contribution in [2.45, 2.75) is 32.7 Å². The maximum atomic E-state index is 11.9. The largest absolute Gasteiger partial charge is 0.449 e. The molecule has 7 heteroatoms. The van der Waals surface area contributed by atoms with Gasteiger partial charge < -0.3 is 9.64 Å². The maximum Gasteiger partial charge on any atom is 0.410 e. The van der Waals surface area contributed by atoms with Gasteiger partial charge in [0, 0.05) is 18.5 Å². The van der Waals surface area contributed by atoms with Crippen molar-refractivity contribution in [3.63, 3.8) is 0 Å². The highest BCUT2D eigenvalue weighted by atomic mass is 35.5. The lowest BCUT2D eigenvalue weighted by atomic mass is 10.1. The first kappa shape index (κ1) is 14.3. The van der Waals surface area contributed by atoms with Crippen LogP contribution in [0.3, 0.4) is 0 Å². The number of unbranched alkanes of at least 4 members (excludes halogenated alkanes) is 1. The van der Waals surface area contributed by atoms with Gasteiger partial charge in [-0.1, -0.05) is 24.9 Å². The fourth-order valence-corrected chi connectivity index (χ4v) is 2.38. The van der Waals surface area contributed by atoms with E-state index in [1.807, 2.05) is 6.92 Å². The summed E-state index contributed by atoms with van der Waals surface area (Å²) in [6.45, 7) is 3.42. The fourth-order valence-electron chi connectivity index (χ4n) is 1.90. The van der Waals surface area contributed by atoms with Gasteiger partial charge >= 0.3 is 6.09 Å². The van der Waals surface area contributed by atoms with Gasteiger partial charge in [-0.15, -0.1) is 0 Å². The Labute approximate surface area is 121 Å². The van der Waals surface area contributed by atoms with Crippen LogP contribution in [0.15, 0.2) is 0 Å². The molecule has 0 radical (unpaired) electrons. The summed E-state index contributed by atoms with van der Waals surface area (Å²) in [6.07, 6.45) is 2.16. The number of ether oxygens (including phenoxy) is 1. The number of aromatic nitrogens is 2. The minimum absolute atomic E-state index is 0.141. The van der Waals surface area contributed by atoms with Gasteiger partial charge in [-0.05, 0) is 18.0 Å². The van der Waals surface area contributed by atoms with Crippen LogP contribution in [0.5, 0.6) is 0 Å². The molecule has 1 amide bonds. The van der Waals surface area contributed by atoms with E-state index in [0.717, 1.165) is 24.1 Å². The molecular weight excluding hydrogens is 289 g/mol. The van der Waals surface area contributed by atoms with E-state index < -0.39 is 0 Å². The molecule has 0 spiro atoms. The van der Waals surface area contributed by atoms with Gasteiger partial charge in [-0.25, -0.2) is 14.8 Å². The predicted octanol–water partition coefficient (Wildman–Crippen LogP) is 3.08. The van der Waals surface area contributed by atoms with Crippen molar-refractivity contribution in [2.75, 3.05) is 13.2 Å².